The van der Waals surface area contributed by atoms with Crippen molar-refractivity contribution in [1.82, 2.24) is 0 Å². The summed E-state index contributed by atoms with van der Waals surface area (Å²) in [5.74, 6) is 0. The van der Waals surface area contributed by atoms with Gasteiger partial charge in [0.15, 0.2) is 0 Å². The third-order valence-corrected chi connectivity index (χ3v) is 2.02. The summed E-state index contributed by atoms with van der Waals surface area (Å²) < 4.78 is 0. The Morgan fingerprint density at radius 3 is 1.56 bits per heavy atom. The lowest BCUT2D eigenvalue weighted by molar-refractivity contribution is 1.20. The molecule has 0 atom stereocenters. The van der Waals surface area contributed by atoms with E-state index in [-0.39, 0.29) is 0 Å². The third kappa shape index (κ3) is 6.88. The molecular formula is C15H23N. The number of allylic oxidation sites excluding steroid dienone is 3. The van der Waals surface area contributed by atoms with Gasteiger partial charge in [-0.2, -0.15) is 0 Å². The molecule has 0 saturated heterocycles. The number of aryl methyl sites for hydroxylation is 2. The molecule has 16 heavy (non-hydrogen) atoms. The van der Waals surface area contributed by atoms with Crippen LogP contribution in [-0.2, 0) is 0 Å². The van der Waals surface area contributed by atoms with E-state index < -0.39 is 0 Å². The average molecular weight is 217 g/mol. The average Bonchev–Trinajstić information content (AvgIpc) is 2.77. The quantitative estimate of drug-likeness (QED) is 0.695. The molecule has 0 amide bonds. The number of hydrogen-bond acceptors (Lipinski definition) is 1. The molecule has 1 aromatic carbocycles. The monoisotopic (exact) mass is 217 g/mol. The first-order valence-electron chi connectivity index (χ1n) is 5.83. The molecule has 0 fully saturated rings. The van der Waals surface area contributed by atoms with Crippen LogP contribution in [0.1, 0.15) is 31.4 Å². The maximum absolute atomic E-state index is 5.33. The molecule has 0 heterocycles. The van der Waals surface area contributed by atoms with Crippen LogP contribution in [0.25, 0.3) is 0 Å². The Kier molecular flexibility index (Phi) is 7.96. The van der Waals surface area contributed by atoms with Gasteiger partial charge in [0.25, 0.3) is 0 Å². The highest BCUT2D eigenvalue weighted by molar-refractivity contribution is 5.20. The zero-order valence-electron chi connectivity index (χ0n) is 10.8. The molecule has 0 bridgehead atoms. The first-order chi connectivity index (χ1) is 7.68. The minimum absolute atomic E-state index is 0.944. The van der Waals surface area contributed by atoms with Crippen molar-refractivity contribution in [3.05, 3.63) is 59.3 Å². The highest BCUT2D eigenvalue weighted by atomic mass is 14.6. The molecule has 0 radical (unpaired) electrons. The number of hydrogen-bond donors (Lipinski definition) is 1. The highest BCUT2D eigenvalue weighted by Crippen LogP contribution is 2.01. The molecule has 1 aliphatic carbocycles. The summed E-state index contributed by atoms with van der Waals surface area (Å²) in [5, 5.41) is 0. The van der Waals surface area contributed by atoms with E-state index in [4.69, 9.17) is 5.73 Å². The first-order valence-corrected chi connectivity index (χ1v) is 5.83. The van der Waals surface area contributed by atoms with Gasteiger partial charge in [-0.15, -0.1) is 0 Å². The zero-order valence-corrected chi connectivity index (χ0v) is 10.8. The lowest BCUT2D eigenvalue weighted by Gasteiger charge is -1.90. The maximum atomic E-state index is 5.33. The van der Waals surface area contributed by atoms with Crippen LogP contribution in [-0.4, -0.2) is 0 Å². The molecule has 0 saturated carbocycles. The van der Waals surface area contributed by atoms with E-state index in [2.05, 4.69) is 38.1 Å². The molecule has 88 valence electrons. The van der Waals surface area contributed by atoms with E-state index in [1.807, 2.05) is 32.1 Å². The highest BCUT2D eigenvalue weighted by Gasteiger charge is 1.86. The summed E-state index contributed by atoms with van der Waals surface area (Å²) in [7, 11) is 0. The Morgan fingerprint density at radius 2 is 1.38 bits per heavy atom. The van der Waals surface area contributed by atoms with Crippen LogP contribution < -0.4 is 5.73 Å². The normalized spacial score (nSPS) is 11.9. The smallest absolute Gasteiger partial charge is 0.0119 e. The standard InChI is InChI=1S/C8H10.C5H7N.C2H6/c1-7-3-5-8(2)6-4-7;6-5-3-1-2-4-5;1-2/h3-6H,1-2H3;1-3H,4,6H2;1-2H3. The van der Waals surface area contributed by atoms with E-state index >= 15 is 0 Å². The second-order valence-electron chi connectivity index (χ2n) is 3.53. The largest absolute Gasteiger partial charge is 0.402 e. The van der Waals surface area contributed by atoms with Gasteiger partial charge in [0.1, 0.15) is 0 Å². The molecule has 1 heteroatoms. The lowest BCUT2D eigenvalue weighted by atomic mass is 10.2. The van der Waals surface area contributed by atoms with E-state index in [0.29, 0.717) is 0 Å². The molecule has 1 nitrogen and oxygen atoms in total. The second kappa shape index (κ2) is 8.78. The van der Waals surface area contributed by atoms with Crippen molar-refractivity contribution in [3.63, 3.8) is 0 Å². The van der Waals surface area contributed by atoms with Gasteiger partial charge in [-0.25, -0.2) is 0 Å². The van der Waals surface area contributed by atoms with Gasteiger partial charge in [-0.3, -0.25) is 0 Å². The van der Waals surface area contributed by atoms with Crippen LogP contribution in [0.2, 0.25) is 0 Å². The number of rotatable bonds is 0. The molecule has 0 aliphatic heterocycles. The summed E-state index contributed by atoms with van der Waals surface area (Å²) in [4.78, 5) is 0. The van der Waals surface area contributed by atoms with Crippen molar-refractivity contribution in [1.29, 1.82) is 0 Å². The van der Waals surface area contributed by atoms with E-state index in [9.17, 15) is 0 Å². The second-order valence-corrected chi connectivity index (χ2v) is 3.53. The molecule has 0 unspecified atom stereocenters. The molecule has 0 spiro atoms. The minimum Gasteiger partial charge on any atom is -0.402 e. The lowest BCUT2D eigenvalue weighted by Crippen LogP contribution is -1.89. The number of benzene rings is 1. The Morgan fingerprint density at radius 1 is 0.938 bits per heavy atom. The summed E-state index contributed by atoms with van der Waals surface area (Å²) in [6.45, 7) is 8.19. The van der Waals surface area contributed by atoms with Gasteiger partial charge < -0.3 is 5.73 Å². The number of nitrogens with two attached hydrogens (primary N) is 1. The van der Waals surface area contributed by atoms with Gasteiger partial charge >= 0.3 is 0 Å². The Hall–Kier alpha value is -1.50. The van der Waals surface area contributed by atoms with E-state index in [1.54, 1.807) is 0 Å². The first kappa shape index (κ1) is 14.5. The SMILES string of the molecule is CC.Cc1ccc(C)cc1.NC1=CC=CC1. The van der Waals surface area contributed by atoms with Gasteiger partial charge in [0.05, 0.1) is 0 Å². The predicted octanol–water partition coefficient (Wildman–Crippen LogP) is 4.12. The Balaban J connectivity index is 0.000000251. The minimum atomic E-state index is 0.944. The maximum Gasteiger partial charge on any atom is 0.0119 e. The van der Waals surface area contributed by atoms with Crippen molar-refractivity contribution in [2.45, 2.75) is 34.1 Å². The molecule has 0 aromatic heterocycles. The molecule has 1 aromatic rings. The fraction of sp³-hybridized carbons (Fsp3) is 0.333. The molecular weight excluding hydrogens is 194 g/mol. The van der Waals surface area contributed by atoms with Crippen LogP contribution in [0.3, 0.4) is 0 Å². The van der Waals surface area contributed by atoms with Crippen molar-refractivity contribution < 1.29 is 0 Å². The summed E-state index contributed by atoms with van der Waals surface area (Å²) in [6, 6.07) is 8.48. The summed E-state index contributed by atoms with van der Waals surface area (Å²) in [5.41, 5.74) is 8.96. The Bertz CT molecular complexity index is 310. The predicted molar refractivity (Wildman–Crippen MR) is 73.3 cm³/mol. The van der Waals surface area contributed by atoms with Gasteiger partial charge in [-0.1, -0.05) is 61.4 Å². The third-order valence-electron chi connectivity index (χ3n) is 2.02. The van der Waals surface area contributed by atoms with Crippen LogP contribution in [0.15, 0.2) is 48.2 Å². The summed E-state index contributed by atoms with van der Waals surface area (Å²) in [6.07, 6.45) is 6.87. The molecule has 1 aliphatic rings. The Labute approximate surface area is 99.7 Å². The van der Waals surface area contributed by atoms with Gasteiger partial charge in [-0.05, 0) is 19.9 Å². The van der Waals surface area contributed by atoms with Crippen LogP contribution >= 0.6 is 0 Å². The van der Waals surface area contributed by atoms with E-state index in [0.717, 1.165) is 12.1 Å². The topological polar surface area (TPSA) is 26.0 Å². The van der Waals surface area contributed by atoms with Gasteiger partial charge in [0.2, 0.25) is 0 Å². The molecule has 2 rings (SSSR count). The van der Waals surface area contributed by atoms with Crippen LogP contribution in [0, 0.1) is 13.8 Å². The summed E-state index contributed by atoms with van der Waals surface area (Å²) >= 11 is 0. The zero-order chi connectivity index (χ0) is 12.4. The fourth-order valence-corrected chi connectivity index (χ4v) is 1.10. The van der Waals surface area contributed by atoms with Crippen LogP contribution in [0.4, 0.5) is 0 Å². The van der Waals surface area contributed by atoms with Gasteiger partial charge in [0, 0.05) is 12.1 Å². The van der Waals surface area contributed by atoms with Crippen molar-refractivity contribution in [2.24, 2.45) is 5.73 Å². The van der Waals surface area contributed by atoms with Crippen molar-refractivity contribution in [2.75, 3.05) is 0 Å². The van der Waals surface area contributed by atoms with Crippen LogP contribution in [0.5, 0.6) is 0 Å². The van der Waals surface area contributed by atoms with Crippen molar-refractivity contribution >= 4 is 0 Å². The molecule has 2 N–H and O–H groups in total. The van der Waals surface area contributed by atoms with Crippen molar-refractivity contribution in [3.8, 4) is 0 Å². The fourth-order valence-electron chi connectivity index (χ4n) is 1.10. The van der Waals surface area contributed by atoms with E-state index in [1.165, 1.54) is 11.1 Å².